The van der Waals surface area contributed by atoms with Crippen LogP contribution in [0.25, 0.3) is 127 Å². The number of aromatic nitrogens is 4. The standard InChI is InChI=1S/C59H36N4O/c1-8-24-48-40(16-1)41-17-2-9-25-49(41)61(48)54-30-15-23-39(37-32-33-56-47(34-37)46-22-7-14-31-55(46)64-56)59(54)38-35-57(62-50-26-10-3-18-42(50)43-19-4-11-27-51(43)62)60-58(36-38)63-52-28-12-5-20-44(52)45-21-6-13-29-53(45)63/h1-36H/i3D,4D,5D,6D,10D,11D,12D,13D,18D,19D,20D,21D,26D,27D,28D,29D. The predicted molar refractivity (Wildman–Crippen MR) is 265 cm³/mol. The van der Waals surface area contributed by atoms with Gasteiger partial charge in [0.15, 0.2) is 0 Å². The molecule has 0 radical (unpaired) electrons. The van der Waals surface area contributed by atoms with Gasteiger partial charge < -0.3 is 8.98 Å². The molecule has 0 atom stereocenters. The van der Waals surface area contributed by atoms with Crippen LogP contribution in [0.15, 0.2) is 222 Å². The van der Waals surface area contributed by atoms with Gasteiger partial charge in [-0.15, -0.1) is 0 Å². The van der Waals surface area contributed by atoms with E-state index in [9.17, 15) is 11.0 Å². The van der Waals surface area contributed by atoms with E-state index in [2.05, 4.69) is 4.57 Å². The first-order chi connectivity index (χ1) is 38.4. The first-order valence-electron chi connectivity index (χ1n) is 28.5. The lowest BCUT2D eigenvalue weighted by atomic mass is 9.92. The molecule has 5 aromatic heterocycles. The van der Waals surface area contributed by atoms with Gasteiger partial charge in [-0.3, -0.25) is 9.13 Å². The van der Waals surface area contributed by atoms with Crippen LogP contribution in [-0.2, 0) is 0 Å². The van der Waals surface area contributed by atoms with E-state index in [4.69, 9.17) is 20.4 Å². The molecule has 0 aliphatic rings. The van der Waals surface area contributed by atoms with Crippen molar-refractivity contribution >= 4 is 87.4 Å². The number of nitrogens with zero attached hydrogens (tertiary/aromatic N) is 4. The number of rotatable bonds is 5. The van der Waals surface area contributed by atoms with Crippen molar-refractivity contribution in [3.8, 4) is 39.6 Å². The number of benzene rings is 9. The number of pyridine rings is 1. The Balaban J connectivity index is 1.24. The van der Waals surface area contributed by atoms with E-state index in [0.29, 0.717) is 39.1 Å². The molecule has 0 N–H and O–H groups in total. The van der Waals surface area contributed by atoms with Gasteiger partial charge in [-0.1, -0.05) is 145 Å². The van der Waals surface area contributed by atoms with E-state index in [1.54, 1.807) is 12.1 Å². The Morgan fingerprint density at radius 2 is 0.844 bits per heavy atom. The quantitative estimate of drug-likeness (QED) is 0.173. The summed E-state index contributed by atoms with van der Waals surface area (Å²) in [5.41, 5.74) is 4.70. The molecule has 5 nitrogen and oxygen atoms in total. The normalized spacial score (nSPS) is 15.6. The summed E-state index contributed by atoms with van der Waals surface area (Å²) in [6, 6.07) is 28.2. The molecule has 0 spiro atoms. The maximum Gasteiger partial charge on any atom is 0.140 e. The molecule has 14 aromatic rings. The van der Waals surface area contributed by atoms with Crippen LogP contribution in [-0.4, -0.2) is 18.7 Å². The van der Waals surface area contributed by atoms with Crippen molar-refractivity contribution in [3.63, 3.8) is 0 Å². The van der Waals surface area contributed by atoms with Crippen molar-refractivity contribution in [1.29, 1.82) is 0 Å². The Bertz CT molecular complexity index is 4780. The van der Waals surface area contributed by atoms with E-state index in [1.807, 2.05) is 109 Å². The van der Waals surface area contributed by atoms with Crippen LogP contribution in [0.1, 0.15) is 21.9 Å². The fraction of sp³-hybridized carbons (Fsp3) is 0. The number of hydrogen-bond donors (Lipinski definition) is 0. The lowest BCUT2D eigenvalue weighted by Crippen LogP contribution is -2.06. The average Bonchev–Trinajstić information content (AvgIpc) is 3.65. The summed E-state index contributed by atoms with van der Waals surface area (Å²) >= 11 is 0. The highest BCUT2D eigenvalue weighted by Crippen LogP contribution is 2.45. The monoisotopic (exact) mass is 832 g/mol. The molecule has 9 aromatic carbocycles. The smallest absolute Gasteiger partial charge is 0.140 e. The SMILES string of the molecule is [2H]c1c([2H])c([2H])c2c(c1[2H])c1c([2H])c([2H])c([2H])c([2H])c1n2-c1cc(-c2c(-c3ccc4oc5ccccc5c4c3)cccc2-n2c3ccccc3c3ccccc32)cc(-n2c3c([2H])c([2H])c([2H])c([2H])c3c3c([2H])c([2H])c([2H])c([2H])c32)n1. The van der Waals surface area contributed by atoms with Crippen LogP contribution in [0.5, 0.6) is 0 Å². The fourth-order valence-corrected chi connectivity index (χ4v) is 9.52. The van der Waals surface area contributed by atoms with E-state index < -0.39 is 96.7 Å². The summed E-state index contributed by atoms with van der Waals surface area (Å²) in [4.78, 5) is 5.19. The van der Waals surface area contributed by atoms with Crippen LogP contribution in [0.2, 0.25) is 0 Å². The van der Waals surface area contributed by atoms with Gasteiger partial charge in [0.2, 0.25) is 0 Å². The van der Waals surface area contributed by atoms with Crippen molar-refractivity contribution in [2.24, 2.45) is 0 Å². The third-order valence-corrected chi connectivity index (χ3v) is 12.2. The molecule has 5 heterocycles. The molecule has 298 valence electrons. The Morgan fingerprint density at radius 3 is 1.41 bits per heavy atom. The van der Waals surface area contributed by atoms with Gasteiger partial charge in [0.1, 0.15) is 22.8 Å². The van der Waals surface area contributed by atoms with Crippen LogP contribution in [0.3, 0.4) is 0 Å². The first-order valence-corrected chi connectivity index (χ1v) is 20.5. The van der Waals surface area contributed by atoms with Gasteiger partial charge >= 0.3 is 0 Å². The Labute approximate surface area is 389 Å². The predicted octanol–water partition coefficient (Wildman–Crippen LogP) is 15.6. The first kappa shape index (κ1) is 23.0. The number of fused-ring (bicyclic) bond motifs is 12. The molecule has 0 saturated carbocycles. The molecular weight excluding hydrogens is 781 g/mol. The van der Waals surface area contributed by atoms with Gasteiger partial charge in [0.05, 0.1) is 60.7 Å². The van der Waals surface area contributed by atoms with Gasteiger partial charge in [-0.2, -0.15) is 0 Å². The second-order valence-corrected chi connectivity index (χ2v) is 15.5. The number of furan rings is 1. The number of para-hydroxylation sites is 7. The molecule has 0 aliphatic heterocycles. The van der Waals surface area contributed by atoms with Crippen molar-refractivity contribution in [3.05, 3.63) is 218 Å². The van der Waals surface area contributed by atoms with Crippen LogP contribution >= 0.6 is 0 Å². The summed E-state index contributed by atoms with van der Waals surface area (Å²) in [6.07, 6.45) is 0. The second-order valence-electron chi connectivity index (χ2n) is 15.5. The molecular formula is C59H36N4O. The maximum absolute atomic E-state index is 9.51. The summed E-state index contributed by atoms with van der Waals surface area (Å²) in [5, 5.41) is 2.65. The minimum Gasteiger partial charge on any atom is -0.456 e. The third-order valence-electron chi connectivity index (χ3n) is 12.2. The summed E-state index contributed by atoms with van der Waals surface area (Å²) in [7, 11) is 0. The van der Waals surface area contributed by atoms with E-state index >= 15 is 0 Å². The molecule has 0 aliphatic carbocycles. The minimum absolute atomic E-state index is 0.191. The Morgan fingerprint density at radius 1 is 0.359 bits per heavy atom. The van der Waals surface area contributed by atoms with Crippen molar-refractivity contribution < 1.29 is 26.3 Å². The zero-order valence-electron chi connectivity index (χ0n) is 49.2. The van der Waals surface area contributed by atoms with Crippen LogP contribution in [0, 0.1) is 0 Å². The second kappa shape index (κ2) is 13.4. The molecule has 64 heavy (non-hydrogen) atoms. The molecule has 0 saturated heterocycles. The van der Waals surface area contributed by atoms with Gasteiger partial charge in [0, 0.05) is 48.7 Å². The van der Waals surface area contributed by atoms with Crippen molar-refractivity contribution in [2.75, 3.05) is 0 Å². The summed E-state index contributed by atoms with van der Waals surface area (Å²) < 4.78 is 157. The highest BCUT2D eigenvalue weighted by molar-refractivity contribution is 6.13. The maximum atomic E-state index is 9.51. The van der Waals surface area contributed by atoms with Crippen molar-refractivity contribution in [1.82, 2.24) is 18.7 Å². The lowest BCUT2D eigenvalue weighted by Gasteiger charge is -2.21. The lowest BCUT2D eigenvalue weighted by molar-refractivity contribution is 0.669. The fourth-order valence-electron chi connectivity index (χ4n) is 9.52. The van der Waals surface area contributed by atoms with E-state index in [-0.39, 0.29) is 55.2 Å². The summed E-state index contributed by atoms with van der Waals surface area (Å²) in [5.74, 6) is -0.382. The summed E-state index contributed by atoms with van der Waals surface area (Å²) in [6.45, 7) is 0. The zero-order chi connectivity index (χ0) is 55.8. The van der Waals surface area contributed by atoms with Crippen molar-refractivity contribution in [2.45, 2.75) is 0 Å². The molecule has 14 rings (SSSR count). The topological polar surface area (TPSA) is 40.8 Å². The van der Waals surface area contributed by atoms with Gasteiger partial charge in [-0.25, -0.2) is 4.98 Å². The van der Waals surface area contributed by atoms with Crippen LogP contribution < -0.4 is 0 Å². The molecule has 0 amide bonds. The van der Waals surface area contributed by atoms with E-state index in [0.717, 1.165) is 32.6 Å². The molecule has 0 bridgehead atoms. The third kappa shape index (κ3) is 4.98. The Kier molecular flexibility index (Phi) is 4.81. The van der Waals surface area contributed by atoms with Crippen LogP contribution in [0.4, 0.5) is 0 Å². The molecule has 5 heteroatoms. The zero-order valence-corrected chi connectivity index (χ0v) is 33.2. The van der Waals surface area contributed by atoms with Gasteiger partial charge in [-0.05, 0) is 89.4 Å². The molecule has 0 fully saturated rings. The number of hydrogen-bond acceptors (Lipinski definition) is 2. The minimum atomic E-state index is -0.672. The highest BCUT2D eigenvalue weighted by atomic mass is 16.3. The highest BCUT2D eigenvalue weighted by Gasteiger charge is 2.24. The van der Waals surface area contributed by atoms with Gasteiger partial charge in [0.25, 0.3) is 0 Å². The average molecular weight is 833 g/mol. The largest absolute Gasteiger partial charge is 0.456 e. The molecule has 0 unspecified atom stereocenters. The van der Waals surface area contributed by atoms with E-state index in [1.165, 1.54) is 9.13 Å². The Hall–Kier alpha value is -8.67.